The number of anilines is 1. The standard InChI is InChI=1S/C13H9ClF4N2/c1-19-12-5-8(13(16,17)18)4-11(20-12)7-2-9(14)6-10(15)3-7/h2-6H,1H3,(H,19,20). The molecule has 20 heavy (non-hydrogen) atoms. The van der Waals surface area contributed by atoms with E-state index >= 15 is 0 Å². The first-order chi connectivity index (χ1) is 9.29. The summed E-state index contributed by atoms with van der Waals surface area (Å²) < 4.78 is 51.7. The summed E-state index contributed by atoms with van der Waals surface area (Å²) in [6.07, 6.45) is -4.51. The molecule has 1 heterocycles. The molecule has 0 spiro atoms. The number of alkyl halides is 3. The monoisotopic (exact) mass is 304 g/mol. The molecule has 1 aromatic carbocycles. The second-order valence-electron chi connectivity index (χ2n) is 4.03. The Hall–Kier alpha value is -1.82. The largest absolute Gasteiger partial charge is 0.416 e. The van der Waals surface area contributed by atoms with Gasteiger partial charge in [0.05, 0.1) is 11.3 Å². The molecule has 0 bridgehead atoms. The van der Waals surface area contributed by atoms with Gasteiger partial charge in [0.25, 0.3) is 0 Å². The van der Waals surface area contributed by atoms with Gasteiger partial charge in [-0.2, -0.15) is 13.2 Å². The van der Waals surface area contributed by atoms with Gasteiger partial charge in [0.15, 0.2) is 0 Å². The van der Waals surface area contributed by atoms with E-state index in [0.29, 0.717) is 0 Å². The van der Waals surface area contributed by atoms with Gasteiger partial charge >= 0.3 is 6.18 Å². The Morgan fingerprint density at radius 3 is 2.35 bits per heavy atom. The first-order valence-electron chi connectivity index (χ1n) is 5.53. The van der Waals surface area contributed by atoms with Gasteiger partial charge in [0.2, 0.25) is 0 Å². The zero-order valence-corrected chi connectivity index (χ0v) is 11.0. The van der Waals surface area contributed by atoms with E-state index in [0.717, 1.165) is 24.3 Å². The van der Waals surface area contributed by atoms with Crippen molar-refractivity contribution in [2.24, 2.45) is 0 Å². The van der Waals surface area contributed by atoms with E-state index in [1.807, 2.05) is 0 Å². The number of rotatable bonds is 2. The van der Waals surface area contributed by atoms with Crippen molar-refractivity contribution in [1.82, 2.24) is 4.98 Å². The summed E-state index contributed by atoms with van der Waals surface area (Å²) in [6.45, 7) is 0. The summed E-state index contributed by atoms with van der Waals surface area (Å²) in [6, 6.07) is 5.23. The van der Waals surface area contributed by atoms with Crippen molar-refractivity contribution >= 4 is 17.4 Å². The molecule has 2 rings (SSSR count). The molecule has 0 atom stereocenters. The number of nitrogens with one attached hydrogen (secondary N) is 1. The van der Waals surface area contributed by atoms with Gasteiger partial charge in [-0.05, 0) is 30.3 Å². The molecule has 0 aliphatic carbocycles. The highest BCUT2D eigenvalue weighted by Gasteiger charge is 2.31. The van der Waals surface area contributed by atoms with E-state index < -0.39 is 17.6 Å². The van der Waals surface area contributed by atoms with Crippen LogP contribution in [0.2, 0.25) is 5.02 Å². The number of hydrogen-bond acceptors (Lipinski definition) is 2. The Morgan fingerprint density at radius 1 is 1.10 bits per heavy atom. The lowest BCUT2D eigenvalue weighted by atomic mass is 10.1. The van der Waals surface area contributed by atoms with Crippen molar-refractivity contribution in [1.29, 1.82) is 0 Å². The zero-order chi connectivity index (χ0) is 14.9. The molecule has 0 saturated carbocycles. The Labute approximate surface area is 117 Å². The van der Waals surface area contributed by atoms with Crippen LogP contribution in [-0.4, -0.2) is 12.0 Å². The Kier molecular flexibility index (Phi) is 3.85. The van der Waals surface area contributed by atoms with Crippen molar-refractivity contribution in [3.05, 3.63) is 46.7 Å². The van der Waals surface area contributed by atoms with Gasteiger partial charge in [-0.1, -0.05) is 11.6 Å². The maximum absolute atomic E-state index is 13.3. The first kappa shape index (κ1) is 14.6. The number of hydrogen-bond donors (Lipinski definition) is 1. The van der Waals surface area contributed by atoms with Crippen LogP contribution in [0.5, 0.6) is 0 Å². The van der Waals surface area contributed by atoms with Gasteiger partial charge in [-0.25, -0.2) is 9.37 Å². The molecule has 106 valence electrons. The third-order valence-corrected chi connectivity index (χ3v) is 2.79. The van der Waals surface area contributed by atoms with Gasteiger partial charge in [0, 0.05) is 17.6 Å². The quantitative estimate of drug-likeness (QED) is 0.820. The fraction of sp³-hybridized carbons (Fsp3) is 0.154. The molecule has 1 N–H and O–H groups in total. The summed E-state index contributed by atoms with van der Waals surface area (Å²) in [7, 11) is 1.45. The highest BCUT2D eigenvalue weighted by Crippen LogP contribution is 2.33. The summed E-state index contributed by atoms with van der Waals surface area (Å²) in [5.74, 6) is -0.604. The van der Waals surface area contributed by atoms with E-state index in [2.05, 4.69) is 10.3 Å². The minimum atomic E-state index is -4.51. The molecule has 0 saturated heterocycles. The molecular weight excluding hydrogens is 296 g/mol. The van der Waals surface area contributed by atoms with Crippen LogP contribution in [0.15, 0.2) is 30.3 Å². The van der Waals surface area contributed by atoms with Crippen LogP contribution in [-0.2, 0) is 6.18 Å². The van der Waals surface area contributed by atoms with E-state index in [1.165, 1.54) is 13.1 Å². The number of pyridine rings is 1. The van der Waals surface area contributed by atoms with Gasteiger partial charge in [-0.15, -0.1) is 0 Å². The van der Waals surface area contributed by atoms with E-state index in [4.69, 9.17) is 11.6 Å². The lowest BCUT2D eigenvalue weighted by molar-refractivity contribution is -0.137. The van der Waals surface area contributed by atoms with Gasteiger partial charge in [0.1, 0.15) is 11.6 Å². The van der Waals surface area contributed by atoms with Crippen LogP contribution < -0.4 is 5.32 Å². The normalized spacial score (nSPS) is 11.5. The molecule has 0 aliphatic heterocycles. The molecule has 0 unspecified atom stereocenters. The van der Waals surface area contributed by atoms with E-state index in [9.17, 15) is 17.6 Å². The second-order valence-corrected chi connectivity index (χ2v) is 4.47. The number of benzene rings is 1. The first-order valence-corrected chi connectivity index (χ1v) is 5.91. The van der Waals surface area contributed by atoms with Crippen LogP contribution in [0.25, 0.3) is 11.3 Å². The smallest absolute Gasteiger partial charge is 0.373 e. The molecule has 1 aromatic heterocycles. The molecule has 0 radical (unpaired) electrons. The average Bonchev–Trinajstić information content (AvgIpc) is 2.36. The molecule has 2 nitrogen and oxygen atoms in total. The van der Waals surface area contributed by atoms with Crippen LogP contribution in [0.4, 0.5) is 23.4 Å². The SMILES string of the molecule is CNc1cc(C(F)(F)F)cc(-c2cc(F)cc(Cl)c2)n1. The summed E-state index contributed by atoms with van der Waals surface area (Å²) in [5, 5.41) is 2.63. The molecule has 0 aliphatic rings. The van der Waals surface area contributed by atoms with Crippen molar-refractivity contribution in [3.8, 4) is 11.3 Å². The fourth-order valence-electron chi connectivity index (χ4n) is 1.67. The van der Waals surface area contributed by atoms with E-state index in [-0.39, 0.29) is 22.1 Å². The molecule has 7 heteroatoms. The molecule has 2 aromatic rings. The second kappa shape index (κ2) is 5.28. The Balaban J connectivity index is 2.61. The predicted molar refractivity (Wildman–Crippen MR) is 69.2 cm³/mol. The van der Waals surface area contributed by atoms with Crippen LogP contribution in [0, 0.1) is 5.82 Å². The lowest BCUT2D eigenvalue weighted by Gasteiger charge is -2.11. The minimum absolute atomic E-state index is 0.00873. The van der Waals surface area contributed by atoms with Crippen molar-refractivity contribution in [2.45, 2.75) is 6.18 Å². The maximum Gasteiger partial charge on any atom is 0.416 e. The van der Waals surface area contributed by atoms with E-state index in [1.54, 1.807) is 0 Å². The van der Waals surface area contributed by atoms with Crippen molar-refractivity contribution in [3.63, 3.8) is 0 Å². The third-order valence-electron chi connectivity index (χ3n) is 2.57. The van der Waals surface area contributed by atoms with Crippen molar-refractivity contribution < 1.29 is 17.6 Å². The molecule has 0 amide bonds. The summed E-state index contributed by atoms with van der Waals surface area (Å²) in [5.41, 5.74) is -0.699. The van der Waals surface area contributed by atoms with Crippen LogP contribution in [0.1, 0.15) is 5.56 Å². The highest BCUT2D eigenvalue weighted by atomic mass is 35.5. The summed E-state index contributed by atoms with van der Waals surface area (Å²) in [4.78, 5) is 3.98. The summed E-state index contributed by atoms with van der Waals surface area (Å²) >= 11 is 5.70. The van der Waals surface area contributed by atoms with Crippen molar-refractivity contribution in [2.75, 3.05) is 12.4 Å². The fourth-order valence-corrected chi connectivity index (χ4v) is 1.89. The minimum Gasteiger partial charge on any atom is -0.373 e. The number of nitrogens with zero attached hydrogens (tertiary/aromatic N) is 1. The van der Waals surface area contributed by atoms with Crippen LogP contribution >= 0.6 is 11.6 Å². The lowest BCUT2D eigenvalue weighted by Crippen LogP contribution is -2.07. The average molecular weight is 305 g/mol. The molecular formula is C13H9ClF4N2. The van der Waals surface area contributed by atoms with Gasteiger partial charge in [-0.3, -0.25) is 0 Å². The Bertz CT molecular complexity index is 621. The maximum atomic E-state index is 13.3. The zero-order valence-electron chi connectivity index (χ0n) is 10.2. The molecule has 0 fully saturated rings. The highest BCUT2D eigenvalue weighted by molar-refractivity contribution is 6.30. The third kappa shape index (κ3) is 3.19. The topological polar surface area (TPSA) is 24.9 Å². The number of halogens is 5. The van der Waals surface area contributed by atoms with Gasteiger partial charge < -0.3 is 5.32 Å². The Morgan fingerprint density at radius 2 is 1.80 bits per heavy atom. The predicted octanol–water partition coefficient (Wildman–Crippen LogP) is 4.60. The van der Waals surface area contributed by atoms with Crippen LogP contribution in [0.3, 0.4) is 0 Å². The number of aromatic nitrogens is 1.